The van der Waals surface area contributed by atoms with E-state index < -0.39 is 6.10 Å². The highest BCUT2D eigenvalue weighted by Crippen LogP contribution is 2.17. The van der Waals surface area contributed by atoms with E-state index in [2.05, 4.69) is 15.3 Å². The molecular weight excluding hydrogens is 202 g/mol. The van der Waals surface area contributed by atoms with E-state index in [1.54, 1.807) is 13.1 Å². The van der Waals surface area contributed by atoms with Gasteiger partial charge in [0.15, 0.2) is 0 Å². The molecule has 0 aliphatic heterocycles. The maximum atomic E-state index is 9.12. The third-order valence-corrected chi connectivity index (χ3v) is 2.60. The van der Waals surface area contributed by atoms with Crippen molar-refractivity contribution in [1.29, 1.82) is 0 Å². The minimum atomic E-state index is -0.701. The number of rotatable bonds is 5. The van der Waals surface area contributed by atoms with Crippen LogP contribution in [0.5, 0.6) is 0 Å². The first kappa shape index (κ1) is 11.2. The van der Waals surface area contributed by atoms with Crippen molar-refractivity contribution in [1.82, 2.24) is 9.97 Å². The van der Waals surface area contributed by atoms with E-state index in [1.165, 1.54) is 18.1 Å². The quantitative estimate of drug-likeness (QED) is 0.472. The maximum Gasteiger partial charge on any atom is 0.130 e. The van der Waals surface area contributed by atoms with Crippen LogP contribution in [0.3, 0.4) is 0 Å². The van der Waals surface area contributed by atoms with Gasteiger partial charge in [0.25, 0.3) is 0 Å². The van der Waals surface area contributed by atoms with Crippen molar-refractivity contribution in [3.63, 3.8) is 0 Å². The van der Waals surface area contributed by atoms with Crippen LogP contribution < -0.4 is 5.32 Å². The average Bonchev–Trinajstić information content (AvgIpc) is 2.26. The summed E-state index contributed by atoms with van der Waals surface area (Å²) in [6, 6.07) is 1.79. The van der Waals surface area contributed by atoms with Gasteiger partial charge < -0.3 is 15.5 Å². The van der Waals surface area contributed by atoms with E-state index in [-0.39, 0.29) is 6.61 Å². The van der Waals surface area contributed by atoms with Crippen LogP contribution in [0.4, 0.5) is 5.82 Å². The summed E-state index contributed by atoms with van der Waals surface area (Å²) in [6.45, 7) is -0.225. The molecule has 0 amide bonds. The highest BCUT2D eigenvalue weighted by atomic mass is 32.2. The minimum absolute atomic E-state index is 0.225. The Kier molecular flexibility index (Phi) is 4.64. The number of hydrogen-bond acceptors (Lipinski definition) is 6. The highest BCUT2D eigenvalue weighted by Gasteiger charge is 2.04. The normalized spacial score (nSPS) is 12.5. The number of aliphatic hydroxyl groups excluding tert-OH is 2. The molecule has 0 saturated carbocycles. The lowest BCUT2D eigenvalue weighted by Crippen LogP contribution is -2.14. The van der Waals surface area contributed by atoms with Crippen molar-refractivity contribution in [2.75, 3.05) is 24.7 Å². The number of nitrogens with zero attached hydrogens (tertiary/aromatic N) is 2. The van der Waals surface area contributed by atoms with Crippen LogP contribution in [0.1, 0.15) is 0 Å². The predicted molar refractivity (Wildman–Crippen MR) is 55.4 cm³/mol. The van der Waals surface area contributed by atoms with Crippen molar-refractivity contribution in [2.45, 2.75) is 11.1 Å². The summed E-state index contributed by atoms with van der Waals surface area (Å²) in [7, 11) is 1.78. The molecule has 0 aliphatic rings. The van der Waals surface area contributed by atoms with Crippen molar-refractivity contribution >= 4 is 17.6 Å². The molecule has 78 valence electrons. The molecule has 0 radical (unpaired) electrons. The van der Waals surface area contributed by atoms with Gasteiger partial charge in [0, 0.05) is 18.9 Å². The van der Waals surface area contributed by atoms with Gasteiger partial charge in [-0.05, 0) is 0 Å². The summed E-state index contributed by atoms with van der Waals surface area (Å²) in [5.41, 5.74) is 0. The molecule has 0 saturated heterocycles. The van der Waals surface area contributed by atoms with Crippen LogP contribution in [-0.2, 0) is 0 Å². The van der Waals surface area contributed by atoms with Gasteiger partial charge in [0.1, 0.15) is 17.2 Å². The van der Waals surface area contributed by atoms with E-state index in [0.717, 1.165) is 10.8 Å². The van der Waals surface area contributed by atoms with Crippen LogP contribution in [0.15, 0.2) is 17.4 Å². The van der Waals surface area contributed by atoms with E-state index in [1.807, 2.05) is 0 Å². The Morgan fingerprint density at radius 3 is 3.00 bits per heavy atom. The zero-order valence-corrected chi connectivity index (χ0v) is 8.66. The zero-order valence-electron chi connectivity index (χ0n) is 7.84. The summed E-state index contributed by atoms with van der Waals surface area (Å²) in [6.07, 6.45) is 0.757. The lowest BCUT2D eigenvalue weighted by Gasteiger charge is -2.06. The number of anilines is 1. The second kappa shape index (κ2) is 5.79. The Balaban J connectivity index is 2.50. The summed E-state index contributed by atoms with van der Waals surface area (Å²) >= 11 is 1.38. The maximum absolute atomic E-state index is 9.12. The summed E-state index contributed by atoms with van der Waals surface area (Å²) in [5.74, 6) is 1.16. The standard InChI is InChI=1S/C8H13N3O2S/c1-9-7-2-8(11-5-10-7)14-4-6(13)3-12/h2,5-6,12-13H,3-4H2,1H3,(H,9,10,11). The fraction of sp³-hybridized carbons (Fsp3) is 0.500. The largest absolute Gasteiger partial charge is 0.394 e. The smallest absolute Gasteiger partial charge is 0.130 e. The van der Waals surface area contributed by atoms with E-state index >= 15 is 0 Å². The monoisotopic (exact) mass is 215 g/mol. The molecule has 1 unspecified atom stereocenters. The van der Waals surface area contributed by atoms with Gasteiger partial charge in [-0.25, -0.2) is 9.97 Å². The molecule has 5 nitrogen and oxygen atoms in total. The molecule has 0 fully saturated rings. The Morgan fingerprint density at radius 2 is 2.36 bits per heavy atom. The summed E-state index contributed by atoms with van der Waals surface area (Å²) in [5, 5.41) is 21.4. The van der Waals surface area contributed by atoms with Crippen molar-refractivity contribution in [3.05, 3.63) is 12.4 Å². The Labute approximate surface area is 86.6 Å². The fourth-order valence-corrected chi connectivity index (χ4v) is 1.57. The highest BCUT2D eigenvalue weighted by molar-refractivity contribution is 7.99. The number of thioether (sulfide) groups is 1. The van der Waals surface area contributed by atoms with Gasteiger partial charge in [-0.1, -0.05) is 0 Å². The van der Waals surface area contributed by atoms with Crippen LogP contribution in [-0.4, -0.2) is 45.7 Å². The zero-order chi connectivity index (χ0) is 10.4. The molecule has 1 aromatic rings. The minimum Gasteiger partial charge on any atom is -0.394 e. The molecule has 14 heavy (non-hydrogen) atoms. The molecule has 0 aromatic carbocycles. The van der Waals surface area contributed by atoms with Crippen molar-refractivity contribution in [2.24, 2.45) is 0 Å². The molecule has 1 atom stereocenters. The van der Waals surface area contributed by atoms with E-state index in [9.17, 15) is 0 Å². The van der Waals surface area contributed by atoms with Gasteiger partial charge in [-0.3, -0.25) is 0 Å². The molecule has 1 aromatic heterocycles. The Hall–Kier alpha value is -0.850. The second-order valence-corrected chi connectivity index (χ2v) is 3.68. The van der Waals surface area contributed by atoms with Crippen molar-refractivity contribution < 1.29 is 10.2 Å². The SMILES string of the molecule is CNc1cc(SCC(O)CO)ncn1. The molecule has 0 spiro atoms. The molecule has 1 rings (SSSR count). The van der Waals surface area contributed by atoms with E-state index in [4.69, 9.17) is 10.2 Å². The fourth-order valence-electron chi connectivity index (χ4n) is 0.789. The van der Waals surface area contributed by atoms with Crippen LogP contribution in [0, 0.1) is 0 Å². The molecule has 3 N–H and O–H groups in total. The lowest BCUT2D eigenvalue weighted by molar-refractivity contribution is 0.113. The average molecular weight is 215 g/mol. The van der Waals surface area contributed by atoms with Crippen LogP contribution in [0.25, 0.3) is 0 Å². The third kappa shape index (κ3) is 3.49. The Morgan fingerprint density at radius 1 is 1.57 bits per heavy atom. The summed E-state index contributed by atoms with van der Waals surface area (Å²) in [4.78, 5) is 7.97. The van der Waals surface area contributed by atoms with Crippen molar-refractivity contribution in [3.8, 4) is 0 Å². The van der Waals surface area contributed by atoms with Gasteiger partial charge in [-0.2, -0.15) is 0 Å². The van der Waals surface area contributed by atoms with Gasteiger partial charge in [0.05, 0.1) is 12.7 Å². The van der Waals surface area contributed by atoms with Gasteiger partial charge in [0.2, 0.25) is 0 Å². The number of nitrogens with one attached hydrogen (secondary N) is 1. The molecule has 6 heteroatoms. The van der Waals surface area contributed by atoms with Crippen LogP contribution in [0.2, 0.25) is 0 Å². The van der Waals surface area contributed by atoms with Crippen LogP contribution >= 0.6 is 11.8 Å². The molecule has 1 heterocycles. The number of aromatic nitrogens is 2. The molecular formula is C8H13N3O2S. The third-order valence-electron chi connectivity index (χ3n) is 1.53. The number of aliphatic hydroxyl groups is 2. The first-order valence-electron chi connectivity index (χ1n) is 4.17. The van der Waals surface area contributed by atoms with Gasteiger partial charge in [-0.15, -0.1) is 11.8 Å². The topological polar surface area (TPSA) is 78.3 Å². The van der Waals surface area contributed by atoms with E-state index in [0.29, 0.717) is 5.75 Å². The lowest BCUT2D eigenvalue weighted by atomic mass is 10.4. The molecule has 0 aliphatic carbocycles. The summed E-state index contributed by atoms with van der Waals surface area (Å²) < 4.78 is 0. The second-order valence-electron chi connectivity index (χ2n) is 2.64. The predicted octanol–water partition coefficient (Wildman–Crippen LogP) is -0.0364. The Bertz CT molecular complexity index is 285. The number of hydrogen-bond donors (Lipinski definition) is 3. The van der Waals surface area contributed by atoms with Gasteiger partial charge >= 0.3 is 0 Å². The molecule has 0 bridgehead atoms. The first-order valence-corrected chi connectivity index (χ1v) is 5.16. The first-order chi connectivity index (χ1) is 6.76.